The number of aromatic nitrogens is 3. The van der Waals surface area contributed by atoms with Gasteiger partial charge in [-0.1, -0.05) is 57.6 Å². The quantitative estimate of drug-likeness (QED) is 0.505. The van der Waals surface area contributed by atoms with Gasteiger partial charge in [0.2, 0.25) is 10.8 Å². The van der Waals surface area contributed by atoms with Crippen molar-refractivity contribution in [2.24, 2.45) is 0 Å². The summed E-state index contributed by atoms with van der Waals surface area (Å²) in [4.78, 5) is 29.4. The molecule has 0 unspecified atom stereocenters. The number of anilines is 1. The van der Waals surface area contributed by atoms with Gasteiger partial charge >= 0.3 is 0 Å². The SMILES string of the molecule is O=C(Nc1ccc(Br)cc1)c1c(O)nc2sc(-c3ccccc3)nn2c1=O. The number of carbonyl (C=O) groups is 1. The zero-order valence-electron chi connectivity index (χ0n) is 13.6. The van der Waals surface area contributed by atoms with Gasteiger partial charge in [0.05, 0.1) is 0 Å². The fourth-order valence-electron chi connectivity index (χ4n) is 2.46. The molecule has 9 heteroatoms. The van der Waals surface area contributed by atoms with Gasteiger partial charge in [-0.2, -0.15) is 14.6 Å². The fourth-order valence-corrected chi connectivity index (χ4v) is 3.61. The number of nitrogens with zero attached hydrogens (tertiary/aromatic N) is 3. The maximum atomic E-state index is 12.7. The van der Waals surface area contributed by atoms with Crippen molar-refractivity contribution in [2.45, 2.75) is 0 Å². The monoisotopic (exact) mass is 442 g/mol. The summed E-state index contributed by atoms with van der Waals surface area (Å²) >= 11 is 4.45. The number of halogens is 1. The van der Waals surface area contributed by atoms with E-state index in [0.29, 0.717) is 10.7 Å². The molecule has 0 bridgehead atoms. The van der Waals surface area contributed by atoms with Crippen LogP contribution in [0.15, 0.2) is 63.9 Å². The zero-order chi connectivity index (χ0) is 19.0. The molecule has 0 fully saturated rings. The summed E-state index contributed by atoms with van der Waals surface area (Å²) in [5, 5.41) is 17.5. The fraction of sp³-hybridized carbons (Fsp3) is 0. The molecule has 0 spiro atoms. The van der Waals surface area contributed by atoms with Crippen molar-refractivity contribution >= 4 is 43.8 Å². The number of carbonyl (C=O) groups excluding carboxylic acids is 1. The van der Waals surface area contributed by atoms with Crippen LogP contribution in [0.4, 0.5) is 5.69 Å². The minimum Gasteiger partial charge on any atom is -0.492 e. The van der Waals surface area contributed by atoms with Gasteiger partial charge in [-0.15, -0.1) is 0 Å². The summed E-state index contributed by atoms with van der Waals surface area (Å²) in [6, 6.07) is 16.1. The van der Waals surface area contributed by atoms with E-state index < -0.39 is 22.9 Å². The molecule has 4 rings (SSSR count). The molecule has 0 radical (unpaired) electrons. The van der Waals surface area contributed by atoms with E-state index in [2.05, 4.69) is 31.3 Å². The Balaban J connectivity index is 1.76. The molecule has 0 aliphatic heterocycles. The maximum absolute atomic E-state index is 12.7. The molecule has 0 aliphatic carbocycles. The summed E-state index contributed by atoms with van der Waals surface area (Å²) in [7, 11) is 0. The lowest BCUT2D eigenvalue weighted by Gasteiger charge is -2.06. The topological polar surface area (TPSA) is 96.6 Å². The number of rotatable bonds is 3. The largest absolute Gasteiger partial charge is 0.492 e. The third kappa shape index (κ3) is 3.34. The third-order valence-electron chi connectivity index (χ3n) is 3.74. The number of amides is 1. The van der Waals surface area contributed by atoms with Crippen LogP contribution in [0.5, 0.6) is 5.88 Å². The Morgan fingerprint density at radius 3 is 2.52 bits per heavy atom. The predicted octanol–water partition coefficient (Wildman–Crippen LogP) is 3.54. The highest BCUT2D eigenvalue weighted by molar-refractivity contribution is 9.10. The Bertz CT molecular complexity index is 1200. The molecule has 27 heavy (non-hydrogen) atoms. The van der Waals surface area contributed by atoms with Crippen molar-refractivity contribution in [2.75, 3.05) is 5.32 Å². The number of nitrogens with one attached hydrogen (secondary N) is 1. The van der Waals surface area contributed by atoms with Gasteiger partial charge in [0.25, 0.3) is 11.5 Å². The van der Waals surface area contributed by atoms with Gasteiger partial charge in [-0.3, -0.25) is 9.59 Å². The number of aromatic hydroxyl groups is 1. The predicted molar refractivity (Wildman–Crippen MR) is 106 cm³/mol. The molecule has 2 aromatic carbocycles. The molecule has 4 aromatic rings. The highest BCUT2D eigenvalue weighted by atomic mass is 79.9. The first kappa shape index (κ1) is 17.4. The molecular weight excluding hydrogens is 432 g/mol. The number of benzene rings is 2. The van der Waals surface area contributed by atoms with E-state index in [-0.39, 0.29) is 4.96 Å². The van der Waals surface area contributed by atoms with E-state index in [1.54, 1.807) is 24.3 Å². The molecule has 2 N–H and O–H groups in total. The molecule has 0 saturated carbocycles. The van der Waals surface area contributed by atoms with Crippen molar-refractivity contribution in [3.05, 3.63) is 75.0 Å². The first-order chi connectivity index (χ1) is 13.0. The average molecular weight is 443 g/mol. The van der Waals surface area contributed by atoms with E-state index in [9.17, 15) is 14.7 Å². The van der Waals surface area contributed by atoms with Gasteiger partial charge in [0, 0.05) is 15.7 Å². The van der Waals surface area contributed by atoms with E-state index in [0.717, 1.165) is 25.9 Å². The molecule has 0 aliphatic rings. The van der Waals surface area contributed by atoms with Gasteiger partial charge in [0.15, 0.2) is 5.56 Å². The lowest BCUT2D eigenvalue weighted by atomic mass is 10.2. The summed E-state index contributed by atoms with van der Waals surface area (Å²) in [5.41, 5.74) is 0.106. The van der Waals surface area contributed by atoms with Crippen molar-refractivity contribution in [1.82, 2.24) is 14.6 Å². The Hall–Kier alpha value is -3.04. The van der Waals surface area contributed by atoms with Crippen LogP contribution in [0.25, 0.3) is 15.5 Å². The van der Waals surface area contributed by atoms with Crippen molar-refractivity contribution in [1.29, 1.82) is 0 Å². The smallest absolute Gasteiger partial charge is 0.292 e. The van der Waals surface area contributed by atoms with Crippen molar-refractivity contribution < 1.29 is 9.90 Å². The molecule has 0 atom stereocenters. The van der Waals surface area contributed by atoms with Crippen LogP contribution in [-0.4, -0.2) is 25.6 Å². The second-order valence-corrected chi connectivity index (χ2v) is 7.42. The molecule has 1 amide bonds. The van der Waals surface area contributed by atoms with Crippen LogP contribution in [0.1, 0.15) is 10.4 Å². The Kier molecular flexibility index (Phi) is 4.46. The standard InChI is InChI=1S/C18H11BrN4O3S/c19-11-6-8-12(9-7-11)20-14(24)13-15(25)21-18-23(17(13)26)22-16(27-18)10-4-2-1-3-5-10/h1-9,25H,(H,20,24). The van der Waals surface area contributed by atoms with Crippen LogP contribution in [0.2, 0.25) is 0 Å². The van der Waals surface area contributed by atoms with Gasteiger partial charge in [-0.25, -0.2) is 0 Å². The number of hydrogen-bond acceptors (Lipinski definition) is 6. The van der Waals surface area contributed by atoms with Crippen molar-refractivity contribution in [3.8, 4) is 16.5 Å². The summed E-state index contributed by atoms with van der Waals surface area (Å²) in [5.74, 6) is -1.38. The van der Waals surface area contributed by atoms with Gasteiger partial charge < -0.3 is 10.4 Å². The van der Waals surface area contributed by atoms with Gasteiger partial charge in [-0.05, 0) is 24.3 Å². The highest BCUT2D eigenvalue weighted by Gasteiger charge is 2.22. The minimum absolute atomic E-state index is 0.205. The van der Waals surface area contributed by atoms with Crippen LogP contribution < -0.4 is 10.9 Å². The molecule has 134 valence electrons. The molecule has 7 nitrogen and oxygen atoms in total. The molecular formula is C18H11BrN4O3S. The van der Waals surface area contributed by atoms with Crippen molar-refractivity contribution in [3.63, 3.8) is 0 Å². The Morgan fingerprint density at radius 2 is 1.81 bits per heavy atom. The molecule has 2 aromatic heterocycles. The average Bonchev–Trinajstić information content (AvgIpc) is 3.09. The minimum atomic E-state index is -0.754. The molecule has 0 saturated heterocycles. The normalized spacial score (nSPS) is 10.9. The summed E-state index contributed by atoms with van der Waals surface area (Å²) in [6.45, 7) is 0. The Morgan fingerprint density at radius 1 is 1.11 bits per heavy atom. The van der Waals surface area contributed by atoms with E-state index in [1.807, 2.05) is 30.3 Å². The van der Waals surface area contributed by atoms with Crippen LogP contribution in [-0.2, 0) is 0 Å². The zero-order valence-corrected chi connectivity index (χ0v) is 16.0. The lowest BCUT2D eigenvalue weighted by molar-refractivity contribution is 0.102. The highest BCUT2D eigenvalue weighted by Crippen LogP contribution is 2.25. The van der Waals surface area contributed by atoms with Crippen LogP contribution in [0, 0.1) is 0 Å². The summed E-state index contributed by atoms with van der Waals surface area (Å²) < 4.78 is 1.88. The van der Waals surface area contributed by atoms with Crippen LogP contribution >= 0.6 is 27.3 Å². The number of fused-ring (bicyclic) bond motifs is 1. The number of hydrogen-bond donors (Lipinski definition) is 2. The van der Waals surface area contributed by atoms with E-state index in [1.165, 1.54) is 0 Å². The molecule has 2 heterocycles. The first-order valence-electron chi connectivity index (χ1n) is 7.78. The van der Waals surface area contributed by atoms with E-state index >= 15 is 0 Å². The summed E-state index contributed by atoms with van der Waals surface area (Å²) in [6.07, 6.45) is 0. The van der Waals surface area contributed by atoms with Gasteiger partial charge in [0.1, 0.15) is 5.01 Å². The van der Waals surface area contributed by atoms with Crippen LogP contribution in [0.3, 0.4) is 0 Å². The maximum Gasteiger partial charge on any atom is 0.292 e. The lowest BCUT2D eigenvalue weighted by Crippen LogP contribution is -2.27. The van der Waals surface area contributed by atoms with E-state index in [4.69, 9.17) is 0 Å². The third-order valence-corrected chi connectivity index (χ3v) is 5.23. The second kappa shape index (κ2) is 6.93. The second-order valence-electron chi connectivity index (χ2n) is 5.54. The Labute approximate surface area is 165 Å². The first-order valence-corrected chi connectivity index (χ1v) is 9.39.